The second kappa shape index (κ2) is 8.92. The number of carbonyl (C=O) groups excluding carboxylic acids is 1. The van der Waals surface area contributed by atoms with Gasteiger partial charge in [0.15, 0.2) is 5.82 Å². The molecule has 6 nitrogen and oxygen atoms in total. The summed E-state index contributed by atoms with van der Waals surface area (Å²) in [7, 11) is 1.54. The summed E-state index contributed by atoms with van der Waals surface area (Å²) >= 11 is 7.22. The first kappa shape index (κ1) is 19.3. The van der Waals surface area contributed by atoms with Crippen LogP contribution in [0.1, 0.15) is 12.5 Å². The van der Waals surface area contributed by atoms with Crippen molar-refractivity contribution < 1.29 is 9.53 Å². The maximum Gasteiger partial charge on any atom is 0.234 e. The lowest BCUT2D eigenvalue weighted by atomic mass is 10.1. The third kappa shape index (κ3) is 5.02. The zero-order valence-corrected chi connectivity index (χ0v) is 16.5. The van der Waals surface area contributed by atoms with Crippen molar-refractivity contribution in [3.05, 3.63) is 53.1 Å². The maximum atomic E-state index is 12.2. The minimum absolute atomic E-state index is 0.168. The molecular weight excluding hydrogens is 384 g/mol. The van der Waals surface area contributed by atoms with Gasteiger partial charge in [0.25, 0.3) is 0 Å². The van der Waals surface area contributed by atoms with Crippen LogP contribution in [0.4, 0.5) is 5.69 Å². The second-order valence-electron chi connectivity index (χ2n) is 5.70. The van der Waals surface area contributed by atoms with Gasteiger partial charge in [-0.1, -0.05) is 54.6 Å². The van der Waals surface area contributed by atoms with Crippen molar-refractivity contribution in [2.75, 3.05) is 18.2 Å². The topological polar surface area (TPSA) is 79.9 Å². The van der Waals surface area contributed by atoms with E-state index in [2.05, 4.69) is 39.6 Å². The number of anilines is 1. The molecule has 0 fully saturated rings. The number of hydrogen-bond acceptors (Lipinski definition) is 5. The van der Waals surface area contributed by atoms with Crippen molar-refractivity contribution >= 4 is 35.0 Å². The number of methoxy groups -OCH3 is 1. The minimum Gasteiger partial charge on any atom is -0.495 e. The third-order valence-electron chi connectivity index (χ3n) is 3.87. The monoisotopic (exact) mass is 402 g/mol. The fourth-order valence-electron chi connectivity index (χ4n) is 2.43. The molecule has 2 aromatic carbocycles. The van der Waals surface area contributed by atoms with E-state index in [1.807, 2.05) is 12.1 Å². The van der Waals surface area contributed by atoms with Gasteiger partial charge in [0.2, 0.25) is 11.1 Å². The van der Waals surface area contributed by atoms with Gasteiger partial charge in [-0.05, 0) is 30.2 Å². The summed E-state index contributed by atoms with van der Waals surface area (Å²) in [5, 5.41) is 10.9. The Balaban J connectivity index is 1.59. The van der Waals surface area contributed by atoms with Crippen molar-refractivity contribution in [2.24, 2.45) is 0 Å². The second-order valence-corrected chi connectivity index (χ2v) is 7.08. The molecule has 0 aliphatic carbocycles. The highest BCUT2D eigenvalue weighted by atomic mass is 35.5. The standard InChI is InChI=1S/C19H19ClN4O2S/c1-3-12-4-6-13(7-5-12)18-22-19(24-23-18)27-11-17(25)21-15-10-14(20)8-9-16(15)26-2/h4-10H,3,11H2,1-2H3,(H,21,25)(H,22,23,24). The van der Waals surface area contributed by atoms with E-state index in [-0.39, 0.29) is 11.7 Å². The van der Waals surface area contributed by atoms with E-state index in [0.717, 1.165) is 12.0 Å². The zero-order valence-electron chi connectivity index (χ0n) is 15.0. The first-order valence-electron chi connectivity index (χ1n) is 8.37. The summed E-state index contributed by atoms with van der Waals surface area (Å²) < 4.78 is 5.22. The molecule has 3 rings (SSSR count). The number of nitrogens with zero attached hydrogens (tertiary/aromatic N) is 2. The highest BCUT2D eigenvalue weighted by Gasteiger charge is 2.11. The molecule has 27 heavy (non-hydrogen) atoms. The van der Waals surface area contributed by atoms with Gasteiger partial charge in [-0.2, -0.15) is 0 Å². The fraction of sp³-hybridized carbons (Fsp3) is 0.211. The molecule has 0 bridgehead atoms. The third-order valence-corrected chi connectivity index (χ3v) is 4.95. The number of thioether (sulfide) groups is 1. The van der Waals surface area contributed by atoms with Crippen LogP contribution in [0.5, 0.6) is 5.75 Å². The maximum absolute atomic E-state index is 12.2. The first-order valence-corrected chi connectivity index (χ1v) is 9.73. The number of aromatic nitrogens is 3. The van der Waals surface area contributed by atoms with Crippen LogP contribution in [0.15, 0.2) is 47.6 Å². The van der Waals surface area contributed by atoms with E-state index in [1.165, 1.54) is 24.4 Å². The Morgan fingerprint density at radius 3 is 2.74 bits per heavy atom. The van der Waals surface area contributed by atoms with E-state index in [4.69, 9.17) is 16.3 Å². The van der Waals surface area contributed by atoms with Gasteiger partial charge in [0.05, 0.1) is 18.6 Å². The van der Waals surface area contributed by atoms with E-state index >= 15 is 0 Å². The Morgan fingerprint density at radius 2 is 2.04 bits per heavy atom. The first-order chi connectivity index (χ1) is 13.1. The van der Waals surface area contributed by atoms with Gasteiger partial charge in [0.1, 0.15) is 5.75 Å². The molecule has 1 aromatic heterocycles. The number of hydrogen-bond donors (Lipinski definition) is 2. The summed E-state index contributed by atoms with van der Waals surface area (Å²) in [6.07, 6.45) is 0.990. The number of benzene rings is 2. The number of H-pyrrole nitrogens is 1. The molecule has 1 heterocycles. The number of amides is 1. The van der Waals surface area contributed by atoms with Crippen molar-refractivity contribution in [3.63, 3.8) is 0 Å². The largest absolute Gasteiger partial charge is 0.495 e. The van der Waals surface area contributed by atoms with Crippen LogP contribution in [0.25, 0.3) is 11.4 Å². The quantitative estimate of drug-likeness (QED) is 0.571. The smallest absolute Gasteiger partial charge is 0.234 e. The average molecular weight is 403 g/mol. The Bertz CT molecular complexity index is 928. The van der Waals surface area contributed by atoms with E-state index in [9.17, 15) is 4.79 Å². The van der Waals surface area contributed by atoms with Crippen molar-refractivity contribution in [3.8, 4) is 17.1 Å². The van der Waals surface area contributed by atoms with Crippen LogP contribution in [0.3, 0.4) is 0 Å². The molecule has 0 unspecified atom stereocenters. The lowest BCUT2D eigenvalue weighted by molar-refractivity contribution is -0.113. The number of carbonyl (C=O) groups is 1. The molecule has 0 aliphatic rings. The van der Waals surface area contributed by atoms with Gasteiger partial charge in [-0.25, -0.2) is 4.98 Å². The van der Waals surface area contributed by atoms with E-state index < -0.39 is 0 Å². The summed E-state index contributed by atoms with van der Waals surface area (Å²) in [4.78, 5) is 16.6. The minimum atomic E-state index is -0.195. The average Bonchev–Trinajstić information content (AvgIpc) is 3.16. The number of nitrogens with one attached hydrogen (secondary N) is 2. The Morgan fingerprint density at radius 1 is 1.26 bits per heavy atom. The summed E-state index contributed by atoms with van der Waals surface area (Å²) in [5.41, 5.74) is 2.75. The summed E-state index contributed by atoms with van der Waals surface area (Å²) in [6.45, 7) is 2.11. The number of halogens is 1. The van der Waals surface area contributed by atoms with E-state index in [0.29, 0.717) is 27.4 Å². The molecule has 140 valence electrons. The molecule has 0 spiro atoms. The number of aryl methyl sites for hydroxylation is 1. The SMILES string of the molecule is CCc1ccc(-c2nc(SCC(=O)Nc3cc(Cl)ccc3OC)n[nH]2)cc1. The molecule has 0 radical (unpaired) electrons. The molecule has 0 aliphatic heterocycles. The highest BCUT2D eigenvalue weighted by molar-refractivity contribution is 7.99. The highest BCUT2D eigenvalue weighted by Crippen LogP contribution is 2.28. The van der Waals surface area contributed by atoms with Crippen LogP contribution in [-0.2, 0) is 11.2 Å². The molecule has 0 saturated carbocycles. The van der Waals surface area contributed by atoms with Crippen molar-refractivity contribution in [1.29, 1.82) is 0 Å². The molecule has 2 N–H and O–H groups in total. The van der Waals surface area contributed by atoms with Crippen LogP contribution < -0.4 is 10.1 Å². The zero-order chi connectivity index (χ0) is 19.2. The molecule has 0 saturated heterocycles. The van der Waals surface area contributed by atoms with E-state index in [1.54, 1.807) is 18.2 Å². The van der Waals surface area contributed by atoms with Gasteiger partial charge < -0.3 is 10.1 Å². The van der Waals surface area contributed by atoms with Gasteiger partial charge in [0, 0.05) is 10.6 Å². The van der Waals surface area contributed by atoms with Crippen molar-refractivity contribution in [1.82, 2.24) is 15.2 Å². The number of aromatic amines is 1. The normalized spacial score (nSPS) is 10.6. The molecule has 0 atom stereocenters. The number of rotatable bonds is 7. The van der Waals surface area contributed by atoms with Gasteiger partial charge >= 0.3 is 0 Å². The Kier molecular flexibility index (Phi) is 6.36. The predicted molar refractivity (Wildman–Crippen MR) is 109 cm³/mol. The number of ether oxygens (including phenoxy) is 1. The Hall–Kier alpha value is -2.51. The van der Waals surface area contributed by atoms with Crippen LogP contribution >= 0.6 is 23.4 Å². The summed E-state index contributed by atoms with van der Waals surface area (Å²) in [5.74, 6) is 1.20. The summed E-state index contributed by atoms with van der Waals surface area (Å²) in [6, 6.07) is 13.2. The lowest BCUT2D eigenvalue weighted by Gasteiger charge is -2.09. The molecule has 1 amide bonds. The fourth-order valence-corrected chi connectivity index (χ4v) is 3.20. The molecule has 3 aromatic rings. The lowest BCUT2D eigenvalue weighted by Crippen LogP contribution is -2.14. The van der Waals surface area contributed by atoms with Crippen LogP contribution in [0, 0.1) is 0 Å². The van der Waals surface area contributed by atoms with Gasteiger partial charge in [-0.15, -0.1) is 5.10 Å². The molecule has 8 heteroatoms. The molecular formula is C19H19ClN4O2S. The van der Waals surface area contributed by atoms with Crippen molar-refractivity contribution in [2.45, 2.75) is 18.5 Å². The van der Waals surface area contributed by atoms with Crippen LogP contribution in [0.2, 0.25) is 5.02 Å². The van der Waals surface area contributed by atoms with Crippen LogP contribution in [-0.4, -0.2) is 34.0 Å². The Labute approximate surface area is 166 Å². The van der Waals surface area contributed by atoms with Gasteiger partial charge in [-0.3, -0.25) is 9.89 Å². The predicted octanol–water partition coefficient (Wildman–Crippen LogP) is 4.43.